The van der Waals surface area contributed by atoms with E-state index in [1.165, 1.54) is 0 Å². The van der Waals surface area contributed by atoms with Gasteiger partial charge in [0.2, 0.25) is 0 Å². The first-order chi connectivity index (χ1) is 7.00. The zero-order valence-corrected chi connectivity index (χ0v) is 9.98. The van der Waals surface area contributed by atoms with Crippen LogP contribution in [0.15, 0.2) is 0 Å². The molecule has 0 amide bonds. The molecule has 0 aromatic carbocycles. The molecule has 1 N–H and O–H groups in total. The van der Waals surface area contributed by atoms with Gasteiger partial charge in [-0.2, -0.15) is 0 Å². The summed E-state index contributed by atoms with van der Waals surface area (Å²) in [5.74, 6) is 0.131. The summed E-state index contributed by atoms with van der Waals surface area (Å²) in [6.07, 6.45) is -0.218. The fourth-order valence-electron chi connectivity index (χ4n) is 1.46. The average Bonchev–Trinajstić information content (AvgIpc) is 2.57. The minimum absolute atomic E-state index is 0.0132. The second kappa shape index (κ2) is 5.39. The number of phosphoric ester groups is 1. The van der Waals surface area contributed by atoms with Crippen molar-refractivity contribution in [3.63, 3.8) is 0 Å². The molecule has 1 aliphatic heterocycles. The summed E-state index contributed by atoms with van der Waals surface area (Å²) in [7, 11) is -1.17. The topological polar surface area (TPSA) is 74.2 Å². The highest BCUT2D eigenvalue weighted by molar-refractivity contribution is 7.47. The van der Waals surface area contributed by atoms with Gasteiger partial charge in [-0.1, -0.05) is 6.92 Å². The van der Waals surface area contributed by atoms with Gasteiger partial charge in [-0.25, -0.2) is 4.57 Å². The monoisotopic (exact) mass is 240 g/mol. The summed E-state index contributed by atoms with van der Waals surface area (Å²) >= 11 is 0. The first-order valence-corrected chi connectivity index (χ1v) is 6.17. The van der Waals surface area contributed by atoms with Crippen LogP contribution in [-0.2, 0) is 23.1 Å². The van der Waals surface area contributed by atoms with Crippen LogP contribution in [0, 0.1) is 5.92 Å². The van der Waals surface area contributed by atoms with Gasteiger partial charge in [0.15, 0.2) is 0 Å². The van der Waals surface area contributed by atoms with E-state index >= 15 is 0 Å². The van der Waals surface area contributed by atoms with E-state index < -0.39 is 7.82 Å². The summed E-state index contributed by atoms with van der Waals surface area (Å²) < 4.78 is 30.6. The Morgan fingerprint density at radius 3 is 2.67 bits per heavy atom. The van der Waals surface area contributed by atoms with Crippen LogP contribution >= 0.6 is 7.82 Å². The van der Waals surface area contributed by atoms with Crippen LogP contribution in [0.2, 0.25) is 0 Å². The number of hydrogen-bond acceptors (Lipinski definition) is 5. The number of ether oxygens (including phenoxy) is 2. The molecule has 0 spiro atoms. The minimum atomic E-state index is -3.90. The summed E-state index contributed by atoms with van der Waals surface area (Å²) in [5.41, 5.74) is 0. The number of hydrogen-bond donors (Lipinski definition) is 1. The maximum absolute atomic E-state index is 11.0. The van der Waals surface area contributed by atoms with Crippen molar-refractivity contribution in [1.82, 2.24) is 0 Å². The maximum Gasteiger partial charge on any atom is 0.472 e. The van der Waals surface area contributed by atoms with Crippen LogP contribution < -0.4 is 0 Å². The van der Waals surface area contributed by atoms with Crippen molar-refractivity contribution in [1.29, 1.82) is 0 Å². The van der Waals surface area contributed by atoms with Crippen molar-refractivity contribution in [3.8, 4) is 0 Å². The lowest BCUT2D eigenvalue weighted by atomic mass is 10.0. The molecule has 4 unspecified atom stereocenters. The van der Waals surface area contributed by atoms with E-state index in [1.807, 2.05) is 6.92 Å². The van der Waals surface area contributed by atoms with Gasteiger partial charge in [-0.3, -0.25) is 9.05 Å². The van der Waals surface area contributed by atoms with Crippen LogP contribution in [0.25, 0.3) is 0 Å². The lowest BCUT2D eigenvalue weighted by Gasteiger charge is -2.18. The third kappa shape index (κ3) is 3.52. The standard InChI is InChI=1S/C8H17O6P/c1-6-7(11-2)4-13-8(6)5-14-15(9,10)12-3/h6-8H,4-5H2,1-3H3,(H,9,10). The lowest BCUT2D eigenvalue weighted by molar-refractivity contribution is 0.0360. The fraction of sp³-hybridized carbons (Fsp3) is 1.00. The molecule has 0 bridgehead atoms. The Labute approximate surface area is 89.1 Å². The molecule has 90 valence electrons. The highest BCUT2D eigenvalue weighted by Crippen LogP contribution is 2.42. The fourth-order valence-corrected chi connectivity index (χ4v) is 1.91. The molecule has 6 nitrogen and oxygen atoms in total. The Morgan fingerprint density at radius 1 is 1.53 bits per heavy atom. The van der Waals surface area contributed by atoms with Gasteiger partial charge in [0.25, 0.3) is 0 Å². The van der Waals surface area contributed by atoms with Gasteiger partial charge < -0.3 is 14.4 Å². The molecule has 1 fully saturated rings. The molecule has 4 atom stereocenters. The third-order valence-corrected chi connectivity index (χ3v) is 3.52. The first kappa shape index (κ1) is 13.1. The van der Waals surface area contributed by atoms with Crippen LogP contribution in [-0.4, -0.2) is 44.5 Å². The lowest BCUT2D eigenvalue weighted by Crippen LogP contribution is -2.26. The Hall–Kier alpha value is 0.0300. The number of methoxy groups -OCH3 is 1. The van der Waals surface area contributed by atoms with Crippen molar-refractivity contribution in [2.24, 2.45) is 5.92 Å². The number of phosphoric acid groups is 1. The van der Waals surface area contributed by atoms with Crippen LogP contribution in [0.5, 0.6) is 0 Å². The predicted molar refractivity (Wildman–Crippen MR) is 52.5 cm³/mol. The second-order valence-corrected chi connectivity index (χ2v) is 5.01. The molecule has 1 rings (SSSR count). The Balaban J connectivity index is 2.38. The molecular formula is C8H17O6P. The van der Waals surface area contributed by atoms with Crippen LogP contribution in [0.1, 0.15) is 6.92 Å². The Kier molecular flexibility index (Phi) is 4.70. The van der Waals surface area contributed by atoms with Gasteiger partial charge in [0, 0.05) is 20.1 Å². The van der Waals surface area contributed by atoms with E-state index in [0.29, 0.717) is 6.61 Å². The van der Waals surface area contributed by atoms with Gasteiger partial charge in [-0.15, -0.1) is 0 Å². The molecule has 0 aliphatic carbocycles. The summed E-state index contributed by atoms with van der Waals surface area (Å²) in [6, 6.07) is 0. The predicted octanol–water partition coefficient (Wildman–Crippen LogP) is 0.800. The number of rotatable bonds is 5. The summed E-state index contributed by atoms with van der Waals surface area (Å²) in [4.78, 5) is 9.02. The molecular weight excluding hydrogens is 223 g/mol. The molecule has 15 heavy (non-hydrogen) atoms. The second-order valence-electron chi connectivity index (χ2n) is 3.45. The molecule has 1 saturated heterocycles. The maximum atomic E-state index is 11.0. The van der Waals surface area contributed by atoms with Crippen molar-refractivity contribution in [3.05, 3.63) is 0 Å². The summed E-state index contributed by atoms with van der Waals surface area (Å²) in [6.45, 7) is 2.46. The zero-order valence-electron chi connectivity index (χ0n) is 9.08. The molecule has 0 saturated carbocycles. The van der Waals surface area contributed by atoms with Crippen molar-refractivity contribution in [2.45, 2.75) is 19.1 Å². The largest absolute Gasteiger partial charge is 0.472 e. The first-order valence-electron chi connectivity index (χ1n) is 4.67. The van der Waals surface area contributed by atoms with Crippen molar-refractivity contribution in [2.75, 3.05) is 27.4 Å². The highest BCUT2D eigenvalue weighted by Gasteiger charge is 2.35. The van der Waals surface area contributed by atoms with Crippen LogP contribution in [0.4, 0.5) is 0 Å². The highest BCUT2D eigenvalue weighted by atomic mass is 31.2. The van der Waals surface area contributed by atoms with E-state index in [1.54, 1.807) is 7.11 Å². The van der Waals surface area contributed by atoms with Gasteiger partial charge in [0.05, 0.1) is 25.4 Å². The molecule has 0 aromatic rings. The molecule has 1 heterocycles. The zero-order chi connectivity index (χ0) is 11.5. The van der Waals surface area contributed by atoms with Gasteiger partial charge in [0.1, 0.15) is 0 Å². The normalized spacial score (nSPS) is 35.3. The Morgan fingerprint density at radius 2 is 2.20 bits per heavy atom. The summed E-state index contributed by atoms with van der Waals surface area (Å²) in [5, 5.41) is 0. The molecule has 7 heteroatoms. The van der Waals surface area contributed by atoms with Gasteiger partial charge >= 0.3 is 7.82 Å². The van der Waals surface area contributed by atoms with Crippen molar-refractivity contribution < 1.29 is 28.0 Å². The van der Waals surface area contributed by atoms with Crippen LogP contribution in [0.3, 0.4) is 0 Å². The van der Waals surface area contributed by atoms with E-state index in [9.17, 15) is 4.57 Å². The Bertz CT molecular complexity index is 245. The quantitative estimate of drug-likeness (QED) is 0.716. The van der Waals surface area contributed by atoms with E-state index in [4.69, 9.17) is 18.9 Å². The molecule has 0 radical (unpaired) electrons. The molecule has 0 aromatic heterocycles. The average molecular weight is 240 g/mol. The van der Waals surface area contributed by atoms with E-state index in [2.05, 4.69) is 4.52 Å². The smallest absolute Gasteiger partial charge is 0.379 e. The van der Waals surface area contributed by atoms with Gasteiger partial charge in [-0.05, 0) is 0 Å². The SMILES string of the molecule is COC1COC(COP(=O)(O)OC)C1C. The van der Waals surface area contributed by atoms with E-state index in [0.717, 1.165) is 7.11 Å². The van der Waals surface area contributed by atoms with E-state index in [-0.39, 0.29) is 24.7 Å². The minimum Gasteiger partial charge on any atom is -0.379 e. The third-order valence-electron chi connectivity index (χ3n) is 2.58. The molecule has 1 aliphatic rings. The van der Waals surface area contributed by atoms with Crippen molar-refractivity contribution >= 4 is 7.82 Å².